The number of morpholine rings is 1. The summed E-state index contributed by atoms with van der Waals surface area (Å²) in [4.78, 5) is 41.5. The van der Waals surface area contributed by atoms with Crippen LogP contribution in [-0.4, -0.2) is 84.5 Å². The Morgan fingerprint density at radius 2 is 1.75 bits per heavy atom. The van der Waals surface area contributed by atoms with E-state index in [9.17, 15) is 23.3 Å². The van der Waals surface area contributed by atoms with E-state index in [1.54, 1.807) is 30.6 Å². The molecule has 3 N–H and O–H groups in total. The van der Waals surface area contributed by atoms with Crippen molar-refractivity contribution in [3.63, 3.8) is 0 Å². The highest BCUT2D eigenvalue weighted by atomic mass is 32.2. The number of carbonyl (C=O) groups excluding carboxylic acids is 1. The molecule has 5 heterocycles. The van der Waals surface area contributed by atoms with Gasteiger partial charge in [-0.25, -0.2) is 23.1 Å². The lowest BCUT2D eigenvalue weighted by Crippen LogP contribution is -2.58. The molecule has 2 aromatic carbocycles. The summed E-state index contributed by atoms with van der Waals surface area (Å²) in [7, 11) is -4.59. The average molecular weight is 875 g/mol. The quantitative estimate of drug-likeness (QED) is 0.0759. The summed E-state index contributed by atoms with van der Waals surface area (Å²) in [6.45, 7) is 4.63. The number of nitro groups is 1. The van der Waals surface area contributed by atoms with Crippen LogP contribution in [0.1, 0.15) is 104 Å². The van der Waals surface area contributed by atoms with E-state index in [-0.39, 0.29) is 22.5 Å². The van der Waals surface area contributed by atoms with E-state index in [1.807, 2.05) is 12.1 Å². The summed E-state index contributed by atoms with van der Waals surface area (Å²) in [5, 5.41) is 15.9. The van der Waals surface area contributed by atoms with Crippen molar-refractivity contribution in [2.45, 2.75) is 93.5 Å². The van der Waals surface area contributed by atoms with Gasteiger partial charge in [0.05, 0.1) is 42.1 Å². The number of rotatable bonds is 13. The van der Waals surface area contributed by atoms with E-state index in [2.05, 4.69) is 59.1 Å². The van der Waals surface area contributed by atoms with E-state index in [0.29, 0.717) is 41.9 Å². The predicted molar refractivity (Wildman–Crippen MR) is 239 cm³/mol. The lowest BCUT2D eigenvalue weighted by molar-refractivity contribution is -0.384. The summed E-state index contributed by atoms with van der Waals surface area (Å²) in [6, 6.07) is 19.5. The molecule has 2 aliphatic heterocycles. The molecular formula is C47H54N8O7S. The molecule has 5 aliphatic rings. The third-order valence-electron chi connectivity index (χ3n) is 14.2. The molecular weight excluding hydrogens is 821 g/mol. The number of hydrogen-bond acceptors (Lipinski definition) is 12. The molecule has 63 heavy (non-hydrogen) atoms. The number of nitrogens with zero attached hydrogens (tertiary/aromatic N) is 5. The van der Waals surface area contributed by atoms with Crippen molar-refractivity contribution in [2.75, 3.05) is 49.6 Å². The first-order valence-electron chi connectivity index (χ1n) is 22.5. The zero-order valence-electron chi connectivity index (χ0n) is 35.3. The van der Waals surface area contributed by atoms with Crippen molar-refractivity contribution in [3.8, 4) is 11.5 Å². The van der Waals surface area contributed by atoms with E-state index < -0.39 is 31.4 Å². The second kappa shape index (κ2) is 17.2. The van der Waals surface area contributed by atoms with E-state index in [0.717, 1.165) is 108 Å². The molecule has 0 radical (unpaired) electrons. The van der Waals surface area contributed by atoms with Gasteiger partial charge < -0.3 is 24.7 Å². The van der Waals surface area contributed by atoms with E-state index in [4.69, 9.17) is 9.47 Å². The first-order chi connectivity index (χ1) is 30.6. The van der Waals surface area contributed by atoms with Crippen LogP contribution in [0.5, 0.6) is 11.5 Å². The number of benzene rings is 2. The number of fused-ring (bicyclic) bond motifs is 1. The molecule has 15 nitrogen and oxygen atoms in total. The lowest BCUT2D eigenvalue weighted by Gasteiger charge is -2.57. The summed E-state index contributed by atoms with van der Waals surface area (Å²) < 4.78 is 41.9. The van der Waals surface area contributed by atoms with Crippen molar-refractivity contribution >= 4 is 44.2 Å². The molecule has 5 aromatic rings. The van der Waals surface area contributed by atoms with Gasteiger partial charge in [0.1, 0.15) is 22.0 Å². The number of sulfonamides is 1. The van der Waals surface area contributed by atoms with Gasteiger partial charge in [0.15, 0.2) is 0 Å². The van der Waals surface area contributed by atoms with Gasteiger partial charge in [0, 0.05) is 61.6 Å². The maximum atomic E-state index is 13.9. The van der Waals surface area contributed by atoms with E-state index >= 15 is 0 Å². The molecule has 330 valence electrons. The molecule has 2 saturated heterocycles. The normalized spacial score (nSPS) is 21.0. The van der Waals surface area contributed by atoms with Gasteiger partial charge in [0.25, 0.3) is 15.9 Å². The number of aromatic nitrogens is 3. The summed E-state index contributed by atoms with van der Waals surface area (Å²) in [6.07, 6.45) is 16.8. The maximum absolute atomic E-state index is 13.9. The highest BCUT2D eigenvalue weighted by Gasteiger charge is 2.50. The van der Waals surface area contributed by atoms with Crippen LogP contribution in [0.25, 0.3) is 11.0 Å². The molecule has 3 saturated carbocycles. The SMILES string of the molecule is O=C(NS(=O)(=O)c1cnc(NCC2CCCCC2)c([N+](=O)[O-])c1)c1ccc(N2CCC3(CC2)CC(N2CCOC[C@H]2c2ccccc2C2CC2)C3)cc1Oc1cnc2[nH]ccc2c1. The monoisotopic (exact) mass is 874 g/mol. The Balaban J connectivity index is 0.843. The number of pyridine rings is 2. The Bertz CT molecular complexity index is 2610. The molecule has 1 amide bonds. The summed E-state index contributed by atoms with van der Waals surface area (Å²) in [5.74, 6) is 0.612. The second-order valence-corrected chi connectivity index (χ2v) is 19.9. The van der Waals surface area contributed by atoms with Gasteiger partial charge in [-0.15, -0.1) is 0 Å². The van der Waals surface area contributed by atoms with Crippen LogP contribution in [-0.2, 0) is 14.8 Å². The molecule has 1 atom stereocenters. The number of hydrogen-bond donors (Lipinski definition) is 3. The van der Waals surface area contributed by atoms with Crippen LogP contribution in [0.15, 0.2) is 84.1 Å². The first kappa shape index (κ1) is 41.4. The number of amides is 1. The van der Waals surface area contributed by atoms with Crippen LogP contribution in [0, 0.1) is 21.4 Å². The molecule has 3 aromatic heterocycles. The smallest absolute Gasteiger partial charge is 0.312 e. The Hall–Kier alpha value is -5.58. The minimum Gasteiger partial charge on any atom is -0.455 e. The fourth-order valence-corrected chi connectivity index (χ4v) is 11.5. The first-order valence-corrected chi connectivity index (χ1v) is 24.0. The van der Waals surface area contributed by atoms with Crippen LogP contribution in [0.4, 0.5) is 17.2 Å². The summed E-state index contributed by atoms with van der Waals surface area (Å²) in [5.41, 5.74) is 4.24. The molecule has 5 fully saturated rings. The van der Waals surface area contributed by atoms with Crippen molar-refractivity contribution in [3.05, 3.63) is 106 Å². The fraction of sp³-hybridized carbons (Fsp3) is 0.468. The maximum Gasteiger partial charge on any atom is 0.312 e. The molecule has 0 bridgehead atoms. The van der Waals surface area contributed by atoms with Crippen LogP contribution < -0.4 is 19.7 Å². The van der Waals surface area contributed by atoms with Gasteiger partial charge in [-0.1, -0.05) is 43.5 Å². The van der Waals surface area contributed by atoms with Gasteiger partial charge in [0.2, 0.25) is 5.82 Å². The van der Waals surface area contributed by atoms with Gasteiger partial charge in [-0.3, -0.25) is 19.8 Å². The zero-order valence-corrected chi connectivity index (χ0v) is 36.2. The molecule has 1 spiro atoms. The number of carbonyl (C=O) groups is 1. The fourth-order valence-electron chi connectivity index (χ4n) is 10.5. The number of anilines is 2. The Morgan fingerprint density at radius 3 is 2.52 bits per heavy atom. The predicted octanol–water partition coefficient (Wildman–Crippen LogP) is 8.47. The van der Waals surface area contributed by atoms with Gasteiger partial charge >= 0.3 is 5.69 Å². The number of ether oxygens (including phenoxy) is 2. The lowest BCUT2D eigenvalue weighted by atomic mass is 9.59. The highest BCUT2D eigenvalue weighted by Crippen LogP contribution is 2.54. The number of aromatic amines is 1. The van der Waals surface area contributed by atoms with Gasteiger partial charge in [-0.05, 0) is 104 Å². The van der Waals surface area contributed by atoms with Gasteiger partial charge in [-0.2, -0.15) is 0 Å². The largest absolute Gasteiger partial charge is 0.455 e. The topological polar surface area (TPSA) is 185 Å². The second-order valence-electron chi connectivity index (χ2n) is 18.3. The molecule has 10 rings (SSSR count). The number of H-pyrrole nitrogens is 1. The average Bonchev–Trinajstić information content (AvgIpc) is 4.04. The number of piperidine rings is 1. The molecule has 16 heteroatoms. The van der Waals surface area contributed by atoms with Crippen LogP contribution in [0.2, 0.25) is 0 Å². The van der Waals surface area contributed by atoms with Crippen molar-refractivity contribution in [2.24, 2.45) is 11.3 Å². The highest BCUT2D eigenvalue weighted by molar-refractivity contribution is 7.90. The minimum atomic E-state index is -4.59. The third-order valence-corrected chi connectivity index (χ3v) is 15.5. The molecule has 0 unspecified atom stereocenters. The summed E-state index contributed by atoms with van der Waals surface area (Å²) >= 11 is 0. The van der Waals surface area contributed by atoms with Crippen molar-refractivity contribution < 1.29 is 27.6 Å². The molecule has 3 aliphatic carbocycles. The van der Waals surface area contributed by atoms with E-state index in [1.165, 1.54) is 30.4 Å². The van der Waals surface area contributed by atoms with Crippen molar-refractivity contribution in [1.29, 1.82) is 0 Å². The third kappa shape index (κ3) is 8.72. The Labute approximate surface area is 367 Å². The Morgan fingerprint density at radius 1 is 0.952 bits per heavy atom. The standard InChI is InChI=1S/C47H54N8O7S/c56-46(52-63(59,60)37-24-41(55(57)58)45(51-29-37)49-27-31-6-2-1-3-7-31)40-13-12-34(23-43(40)62-36-22-33-14-17-48-44(33)50-28-36)53-18-15-47(16-19-53)25-35(26-47)54-20-21-61-30-42(54)39-9-5-4-8-38(39)32-10-11-32/h4-5,8-9,12-14,17,22-24,28-29,31-32,35,42H,1-3,6-7,10-11,15-16,18-21,25-27,30H2,(H,48,50)(H,49,51)(H,52,56)/t42-/m0/s1. The van der Waals surface area contributed by atoms with Crippen molar-refractivity contribution in [1.82, 2.24) is 24.6 Å². The van der Waals surface area contributed by atoms with Crippen LogP contribution in [0.3, 0.4) is 0 Å². The Kier molecular flexibility index (Phi) is 11.3. The van der Waals surface area contributed by atoms with Crippen LogP contribution >= 0.6 is 0 Å². The number of nitrogens with one attached hydrogen (secondary N) is 3. The minimum absolute atomic E-state index is 0.00748. The zero-order chi connectivity index (χ0) is 43.1.